The summed E-state index contributed by atoms with van der Waals surface area (Å²) in [5, 5.41) is 6.96. The van der Waals surface area contributed by atoms with Crippen LogP contribution >= 0.6 is 24.0 Å². The summed E-state index contributed by atoms with van der Waals surface area (Å²) in [6, 6.07) is 6.22. The van der Waals surface area contributed by atoms with Crippen molar-refractivity contribution in [3.8, 4) is 0 Å². The lowest BCUT2D eigenvalue weighted by Crippen LogP contribution is -2.48. The number of nitrogens with one attached hydrogen (secondary N) is 2. The average Bonchev–Trinajstić information content (AvgIpc) is 3.38. The number of halogens is 4. The van der Waals surface area contributed by atoms with E-state index in [1.54, 1.807) is 26.3 Å². The zero-order valence-electron chi connectivity index (χ0n) is 18.8. The molecule has 1 aromatic rings. The molecule has 2 unspecified atom stereocenters. The summed E-state index contributed by atoms with van der Waals surface area (Å²) in [5.41, 5.74) is 0.295. The Kier molecular flexibility index (Phi) is 11.0. The molecule has 10 heteroatoms. The van der Waals surface area contributed by atoms with Crippen LogP contribution in [0.4, 0.5) is 13.2 Å². The van der Waals surface area contributed by atoms with E-state index in [2.05, 4.69) is 25.4 Å². The first kappa shape index (κ1) is 27.1. The van der Waals surface area contributed by atoms with Crippen molar-refractivity contribution in [2.24, 2.45) is 4.99 Å². The third-order valence-electron chi connectivity index (χ3n) is 6.11. The molecule has 0 bridgehead atoms. The predicted molar refractivity (Wildman–Crippen MR) is 132 cm³/mol. The summed E-state index contributed by atoms with van der Waals surface area (Å²) in [4.78, 5) is 9.09. The molecule has 32 heavy (non-hydrogen) atoms. The SMILES string of the molecule is CN=C(NCC1CCCN1CCOC)NC1CCN(Cc2ccc(C(F)(F)F)cc2)C1.I. The number of methoxy groups -OCH3 is 1. The minimum absolute atomic E-state index is 0. The van der Waals surface area contributed by atoms with Gasteiger partial charge in [-0.1, -0.05) is 12.1 Å². The van der Waals surface area contributed by atoms with Crippen LogP contribution in [-0.2, 0) is 17.5 Å². The molecule has 182 valence electrons. The van der Waals surface area contributed by atoms with E-state index in [9.17, 15) is 13.2 Å². The lowest BCUT2D eigenvalue weighted by atomic mass is 10.1. The Bertz CT molecular complexity index is 717. The molecule has 0 amide bonds. The van der Waals surface area contributed by atoms with Gasteiger partial charge in [-0.2, -0.15) is 13.2 Å². The van der Waals surface area contributed by atoms with Crippen molar-refractivity contribution in [3.63, 3.8) is 0 Å². The normalized spacial score (nSPS) is 22.7. The van der Waals surface area contributed by atoms with Crippen LogP contribution in [0.3, 0.4) is 0 Å². The van der Waals surface area contributed by atoms with Crippen molar-refractivity contribution < 1.29 is 17.9 Å². The molecule has 2 aliphatic rings. The van der Waals surface area contributed by atoms with E-state index in [4.69, 9.17) is 4.74 Å². The second-order valence-corrected chi connectivity index (χ2v) is 8.34. The number of rotatable bonds is 8. The molecule has 2 fully saturated rings. The number of aliphatic imine (C=N–C) groups is 1. The first-order valence-corrected chi connectivity index (χ1v) is 11.0. The molecule has 0 spiro atoms. The number of likely N-dealkylation sites (tertiary alicyclic amines) is 2. The molecule has 0 aromatic heterocycles. The minimum Gasteiger partial charge on any atom is -0.383 e. The smallest absolute Gasteiger partial charge is 0.383 e. The summed E-state index contributed by atoms with van der Waals surface area (Å²) in [7, 11) is 3.51. The molecule has 3 rings (SSSR count). The number of guanidine groups is 1. The highest BCUT2D eigenvalue weighted by atomic mass is 127. The quantitative estimate of drug-likeness (QED) is 0.286. The average molecular weight is 569 g/mol. The van der Waals surface area contributed by atoms with Gasteiger partial charge in [-0.25, -0.2) is 0 Å². The maximum Gasteiger partial charge on any atom is 0.416 e. The highest BCUT2D eigenvalue weighted by Crippen LogP contribution is 2.29. The number of benzene rings is 1. The molecular weight excluding hydrogens is 534 g/mol. The van der Waals surface area contributed by atoms with E-state index >= 15 is 0 Å². The fourth-order valence-corrected chi connectivity index (χ4v) is 4.38. The molecule has 0 aliphatic carbocycles. The summed E-state index contributed by atoms with van der Waals surface area (Å²) in [6.45, 7) is 6.07. The van der Waals surface area contributed by atoms with E-state index in [0.717, 1.165) is 69.4 Å². The Labute approximate surface area is 206 Å². The second-order valence-electron chi connectivity index (χ2n) is 8.34. The number of ether oxygens (including phenoxy) is 1. The summed E-state index contributed by atoms with van der Waals surface area (Å²) in [6.07, 6.45) is -0.921. The Hall–Kier alpha value is -1.11. The van der Waals surface area contributed by atoms with E-state index in [0.29, 0.717) is 12.6 Å². The molecule has 2 atom stereocenters. The predicted octanol–water partition coefficient (Wildman–Crippen LogP) is 3.17. The second kappa shape index (κ2) is 13.0. The van der Waals surface area contributed by atoms with Gasteiger partial charge in [0.2, 0.25) is 0 Å². The molecule has 0 radical (unpaired) electrons. The van der Waals surface area contributed by atoms with Crippen LogP contribution < -0.4 is 10.6 Å². The van der Waals surface area contributed by atoms with Crippen molar-refractivity contribution in [3.05, 3.63) is 35.4 Å². The zero-order valence-corrected chi connectivity index (χ0v) is 21.2. The Balaban J connectivity index is 0.00000363. The van der Waals surface area contributed by atoms with Gasteiger partial charge in [0.1, 0.15) is 0 Å². The highest BCUT2D eigenvalue weighted by molar-refractivity contribution is 14.0. The lowest BCUT2D eigenvalue weighted by molar-refractivity contribution is -0.137. The number of alkyl halides is 3. The first-order chi connectivity index (χ1) is 14.9. The lowest BCUT2D eigenvalue weighted by Gasteiger charge is -2.26. The summed E-state index contributed by atoms with van der Waals surface area (Å²) < 4.78 is 43.4. The van der Waals surface area contributed by atoms with Gasteiger partial charge in [-0.05, 0) is 43.5 Å². The fraction of sp³-hybridized carbons (Fsp3) is 0.682. The van der Waals surface area contributed by atoms with E-state index in [1.807, 2.05) is 0 Å². The largest absolute Gasteiger partial charge is 0.416 e. The van der Waals surface area contributed by atoms with Crippen LogP contribution in [-0.4, -0.2) is 81.3 Å². The van der Waals surface area contributed by atoms with E-state index in [1.165, 1.54) is 12.8 Å². The van der Waals surface area contributed by atoms with Gasteiger partial charge in [0, 0.05) is 59.0 Å². The van der Waals surface area contributed by atoms with Gasteiger partial charge in [0.05, 0.1) is 12.2 Å². The Morgan fingerprint density at radius 3 is 2.59 bits per heavy atom. The van der Waals surface area contributed by atoms with Gasteiger partial charge in [0.25, 0.3) is 0 Å². The van der Waals surface area contributed by atoms with Crippen molar-refractivity contribution in [1.82, 2.24) is 20.4 Å². The van der Waals surface area contributed by atoms with Gasteiger partial charge < -0.3 is 15.4 Å². The zero-order chi connectivity index (χ0) is 22.3. The molecule has 2 aliphatic heterocycles. The van der Waals surface area contributed by atoms with E-state index in [-0.39, 0.29) is 30.0 Å². The number of hydrogen-bond donors (Lipinski definition) is 2. The number of nitrogens with zero attached hydrogens (tertiary/aromatic N) is 3. The first-order valence-electron chi connectivity index (χ1n) is 11.0. The van der Waals surface area contributed by atoms with Crippen molar-refractivity contribution in [2.45, 2.75) is 44.1 Å². The van der Waals surface area contributed by atoms with Crippen molar-refractivity contribution in [2.75, 3.05) is 53.5 Å². The Morgan fingerprint density at radius 2 is 1.94 bits per heavy atom. The third kappa shape index (κ3) is 8.03. The molecule has 2 saturated heterocycles. The minimum atomic E-state index is -4.29. The van der Waals surface area contributed by atoms with Gasteiger partial charge in [-0.3, -0.25) is 14.8 Å². The molecular formula is C22H35F3IN5O. The summed E-state index contributed by atoms with van der Waals surface area (Å²) >= 11 is 0. The maximum atomic E-state index is 12.7. The molecule has 2 N–H and O–H groups in total. The van der Waals surface area contributed by atoms with Crippen molar-refractivity contribution >= 4 is 29.9 Å². The highest BCUT2D eigenvalue weighted by Gasteiger charge is 2.30. The van der Waals surface area contributed by atoms with Crippen molar-refractivity contribution in [1.29, 1.82) is 0 Å². The topological polar surface area (TPSA) is 52.1 Å². The molecule has 1 aromatic carbocycles. The number of hydrogen-bond acceptors (Lipinski definition) is 4. The van der Waals surface area contributed by atoms with Crippen LogP contribution in [0.2, 0.25) is 0 Å². The molecule has 2 heterocycles. The molecule has 6 nitrogen and oxygen atoms in total. The standard InChI is InChI=1S/C22H34F3N5O.HI/c1-26-21(27-14-20-4-3-10-30(20)12-13-31-2)28-19-9-11-29(16-19)15-17-5-7-18(8-6-17)22(23,24)25;/h5-8,19-20H,3-4,9-16H2,1-2H3,(H2,26,27,28);1H. The van der Waals surface area contributed by atoms with Crippen LogP contribution in [0, 0.1) is 0 Å². The summed E-state index contributed by atoms with van der Waals surface area (Å²) in [5.74, 6) is 0.806. The van der Waals surface area contributed by atoms with Crippen LogP contribution in [0.15, 0.2) is 29.3 Å². The maximum absolute atomic E-state index is 12.7. The van der Waals surface area contributed by atoms with Crippen LogP contribution in [0.25, 0.3) is 0 Å². The monoisotopic (exact) mass is 569 g/mol. The fourth-order valence-electron chi connectivity index (χ4n) is 4.38. The third-order valence-corrected chi connectivity index (χ3v) is 6.11. The Morgan fingerprint density at radius 1 is 1.19 bits per heavy atom. The van der Waals surface area contributed by atoms with E-state index < -0.39 is 11.7 Å². The van der Waals surface area contributed by atoms with Crippen LogP contribution in [0.1, 0.15) is 30.4 Å². The van der Waals surface area contributed by atoms with Gasteiger partial charge in [0.15, 0.2) is 5.96 Å². The van der Waals surface area contributed by atoms with Gasteiger partial charge in [-0.15, -0.1) is 24.0 Å². The van der Waals surface area contributed by atoms with Crippen LogP contribution in [0.5, 0.6) is 0 Å². The molecule has 0 saturated carbocycles. The van der Waals surface area contributed by atoms with Gasteiger partial charge >= 0.3 is 6.18 Å².